The molecule has 4 nitrogen and oxygen atoms in total. The standard InChI is InChI=1S/C16H12BrN3O/c1-10-8-14(12-4-2-3-5-13(12)19-10)20-16(21)11-6-7-18-15(17)9-11/h2-9H,1H3,(H,19,20,21). The molecule has 0 atom stereocenters. The Morgan fingerprint density at radius 1 is 1.19 bits per heavy atom. The van der Waals surface area contributed by atoms with E-state index in [1.807, 2.05) is 37.3 Å². The van der Waals surface area contributed by atoms with Crippen molar-refractivity contribution in [3.63, 3.8) is 0 Å². The van der Waals surface area contributed by atoms with Crippen LogP contribution in [0.4, 0.5) is 5.69 Å². The lowest BCUT2D eigenvalue weighted by atomic mass is 10.1. The van der Waals surface area contributed by atoms with Gasteiger partial charge in [-0.2, -0.15) is 0 Å². The Kier molecular flexibility index (Phi) is 3.66. The van der Waals surface area contributed by atoms with Gasteiger partial charge in [-0.05, 0) is 47.1 Å². The van der Waals surface area contributed by atoms with Crippen LogP contribution in [-0.4, -0.2) is 15.9 Å². The molecule has 0 fully saturated rings. The maximum Gasteiger partial charge on any atom is 0.255 e. The molecule has 3 rings (SSSR count). The Bertz CT molecular complexity index is 833. The zero-order chi connectivity index (χ0) is 14.8. The van der Waals surface area contributed by atoms with E-state index >= 15 is 0 Å². The summed E-state index contributed by atoms with van der Waals surface area (Å²) in [4.78, 5) is 20.8. The molecule has 1 N–H and O–H groups in total. The smallest absolute Gasteiger partial charge is 0.255 e. The zero-order valence-electron chi connectivity index (χ0n) is 11.3. The van der Waals surface area contributed by atoms with E-state index in [-0.39, 0.29) is 5.91 Å². The molecule has 0 radical (unpaired) electrons. The van der Waals surface area contributed by atoms with Gasteiger partial charge in [0.1, 0.15) is 4.60 Å². The van der Waals surface area contributed by atoms with Crippen molar-refractivity contribution >= 4 is 38.4 Å². The van der Waals surface area contributed by atoms with Crippen LogP contribution in [0.3, 0.4) is 0 Å². The first-order valence-electron chi connectivity index (χ1n) is 6.43. The third-order valence-corrected chi connectivity index (χ3v) is 3.51. The summed E-state index contributed by atoms with van der Waals surface area (Å²) in [7, 11) is 0. The Labute approximate surface area is 130 Å². The molecular formula is C16H12BrN3O. The Morgan fingerprint density at radius 3 is 2.81 bits per heavy atom. The number of halogens is 1. The number of aromatic nitrogens is 2. The third kappa shape index (κ3) is 2.92. The summed E-state index contributed by atoms with van der Waals surface area (Å²) in [6.07, 6.45) is 1.59. The number of nitrogens with one attached hydrogen (secondary N) is 1. The van der Waals surface area contributed by atoms with E-state index in [2.05, 4.69) is 31.2 Å². The lowest BCUT2D eigenvalue weighted by molar-refractivity contribution is 0.102. The van der Waals surface area contributed by atoms with E-state index in [0.29, 0.717) is 10.2 Å². The fraction of sp³-hybridized carbons (Fsp3) is 0.0625. The number of hydrogen-bond donors (Lipinski definition) is 1. The van der Waals surface area contributed by atoms with Gasteiger partial charge in [-0.25, -0.2) is 4.98 Å². The fourth-order valence-corrected chi connectivity index (χ4v) is 2.51. The first-order valence-corrected chi connectivity index (χ1v) is 7.22. The Hall–Kier alpha value is -2.27. The number of benzene rings is 1. The fourth-order valence-electron chi connectivity index (χ4n) is 2.15. The van der Waals surface area contributed by atoms with Crippen LogP contribution in [-0.2, 0) is 0 Å². The molecule has 0 aliphatic heterocycles. The van der Waals surface area contributed by atoms with Crippen molar-refractivity contribution in [3.8, 4) is 0 Å². The maximum absolute atomic E-state index is 12.3. The van der Waals surface area contributed by atoms with Gasteiger partial charge in [-0.1, -0.05) is 18.2 Å². The second kappa shape index (κ2) is 5.61. The number of fused-ring (bicyclic) bond motifs is 1. The second-order valence-electron chi connectivity index (χ2n) is 4.65. The van der Waals surface area contributed by atoms with E-state index in [4.69, 9.17) is 0 Å². The molecule has 0 saturated carbocycles. The predicted molar refractivity (Wildman–Crippen MR) is 86.4 cm³/mol. The first-order chi connectivity index (χ1) is 10.1. The average Bonchev–Trinajstić information content (AvgIpc) is 2.47. The van der Waals surface area contributed by atoms with Crippen LogP contribution in [0.5, 0.6) is 0 Å². The minimum Gasteiger partial charge on any atom is -0.321 e. The number of carbonyl (C=O) groups is 1. The van der Waals surface area contributed by atoms with Gasteiger partial charge < -0.3 is 5.32 Å². The minimum atomic E-state index is -0.172. The molecule has 2 heterocycles. The molecule has 1 aromatic carbocycles. The van der Waals surface area contributed by atoms with E-state index in [9.17, 15) is 4.79 Å². The highest BCUT2D eigenvalue weighted by Crippen LogP contribution is 2.23. The van der Waals surface area contributed by atoms with Crippen LogP contribution in [0.1, 0.15) is 16.1 Å². The van der Waals surface area contributed by atoms with Gasteiger partial charge in [0.2, 0.25) is 0 Å². The molecule has 0 spiro atoms. The molecule has 21 heavy (non-hydrogen) atoms. The molecule has 0 aliphatic carbocycles. The molecule has 1 amide bonds. The quantitative estimate of drug-likeness (QED) is 0.718. The molecule has 5 heteroatoms. The lowest BCUT2D eigenvalue weighted by Crippen LogP contribution is -2.12. The highest BCUT2D eigenvalue weighted by Gasteiger charge is 2.10. The molecular weight excluding hydrogens is 330 g/mol. The number of para-hydroxylation sites is 1. The van der Waals surface area contributed by atoms with Gasteiger partial charge >= 0.3 is 0 Å². The van der Waals surface area contributed by atoms with E-state index < -0.39 is 0 Å². The summed E-state index contributed by atoms with van der Waals surface area (Å²) < 4.78 is 0.630. The van der Waals surface area contributed by atoms with Crippen molar-refractivity contribution < 1.29 is 4.79 Å². The van der Waals surface area contributed by atoms with Gasteiger partial charge in [0.25, 0.3) is 5.91 Å². The van der Waals surface area contributed by atoms with Gasteiger partial charge in [-0.15, -0.1) is 0 Å². The summed E-state index contributed by atoms with van der Waals surface area (Å²) in [6, 6.07) is 13.0. The number of amides is 1. The molecule has 104 valence electrons. The summed E-state index contributed by atoms with van der Waals surface area (Å²) in [5.74, 6) is -0.172. The monoisotopic (exact) mass is 341 g/mol. The normalized spacial score (nSPS) is 10.6. The number of carbonyl (C=O) groups excluding carboxylic acids is 1. The van der Waals surface area contributed by atoms with Crippen molar-refractivity contribution in [2.45, 2.75) is 6.92 Å². The van der Waals surface area contributed by atoms with Crippen molar-refractivity contribution in [2.75, 3.05) is 5.32 Å². The second-order valence-corrected chi connectivity index (χ2v) is 5.46. The number of aryl methyl sites for hydroxylation is 1. The number of rotatable bonds is 2. The molecule has 2 aromatic heterocycles. The maximum atomic E-state index is 12.3. The number of hydrogen-bond acceptors (Lipinski definition) is 3. The van der Waals surface area contributed by atoms with Gasteiger partial charge in [0.05, 0.1) is 11.2 Å². The summed E-state index contributed by atoms with van der Waals surface area (Å²) in [5.41, 5.74) is 3.04. The minimum absolute atomic E-state index is 0.172. The van der Waals surface area contributed by atoms with Gasteiger partial charge in [0, 0.05) is 22.8 Å². The van der Waals surface area contributed by atoms with Crippen molar-refractivity contribution in [2.24, 2.45) is 0 Å². The number of anilines is 1. The van der Waals surface area contributed by atoms with Crippen LogP contribution in [0.25, 0.3) is 10.9 Å². The number of pyridine rings is 2. The molecule has 3 aromatic rings. The third-order valence-electron chi connectivity index (χ3n) is 3.08. The molecule has 0 unspecified atom stereocenters. The SMILES string of the molecule is Cc1cc(NC(=O)c2ccnc(Br)c2)c2ccccc2n1. The highest BCUT2D eigenvalue weighted by molar-refractivity contribution is 9.10. The molecule has 0 saturated heterocycles. The first kappa shape index (κ1) is 13.7. The Morgan fingerprint density at radius 2 is 2.00 bits per heavy atom. The van der Waals surface area contributed by atoms with Crippen LogP contribution in [0.2, 0.25) is 0 Å². The van der Waals surface area contributed by atoms with E-state index in [1.54, 1.807) is 18.3 Å². The molecule has 0 bridgehead atoms. The summed E-state index contributed by atoms with van der Waals surface area (Å²) in [5, 5.41) is 3.86. The highest BCUT2D eigenvalue weighted by atomic mass is 79.9. The van der Waals surface area contributed by atoms with Crippen LogP contribution >= 0.6 is 15.9 Å². The average molecular weight is 342 g/mol. The van der Waals surface area contributed by atoms with Gasteiger partial charge in [-0.3, -0.25) is 9.78 Å². The Balaban J connectivity index is 2.00. The van der Waals surface area contributed by atoms with Gasteiger partial charge in [0.15, 0.2) is 0 Å². The predicted octanol–water partition coefficient (Wildman–Crippen LogP) is 3.95. The summed E-state index contributed by atoms with van der Waals surface area (Å²) in [6.45, 7) is 1.91. The van der Waals surface area contributed by atoms with E-state index in [1.165, 1.54) is 0 Å². The van der Waals surface area contributed by atoms with Crippen LogP contribution in [0.15, 0.2) is 53.3 Å². The van der Waals surface area contributed by atoms with E-state index in [0.717, 1.165) is 22.3 Å². The largest absolute Gasteiger partial charge is 0.321 e. The summed E-state index contributed by atoms with van der Waals surface area (Å²) >= 11 is 3.27. The van der Waals surface area contributed by atoms with Crippen molar-refractivity contribution in [1.29, 1.82) is 0 Å². The van der Waals surface area contributed by atoms with Crippen LogP contribution < -0.4 is 5.32 Å². The van der Waals surface area contributed by atoms with Crippen molar-refractivity contribution in [3.05, 3.63) is 64.5 Å². The topological polar surface area (TPSA) is 54.9 Å². The molecule has 0 aliphatic rings. The zero-order valence-corrected chi connectivity index (χ0v) is 12.9. The van der Waals surface area contributed by atoms with Crippen LogP contribution in [0, 0.1) is 6.92 Å². The lowest BCUT2D eigenvalue weighted by Gasteiger charge is -2.10. The number of nitrogens with zero attached hydrogens (tertiary/aromatic N) is 2. The van der Waals surface area contributed by atoms with Crippen molar-refractivity contribution in [1.82, 2.24) is 9.97 Å².